The Morgan fingerprint density at radius 2 is 2.00 bits per heavy atom. The maximum atomic E-state index is 12.5. The molecule has 0 atom stereocenters. The van der Waals surface area contributed by atoms with Crippen LogP contribution in [0, 0.1) is 0 Å². The van der Waals surface area contributed by atoms with Gasteiger partial charge in [0.05, 0.1) is 11.2 Å². The van der Waals surface area contributed by atoms with Gasteiger partial charge in [-0.3, -0.25) is 4.79 Å². The fraction of sp³-hybridized carbons (Fsp3) is 0.389. The van der Waals surface area contributed by atoms with E-state index in [-0.39, 0.29) is 17.7 Å². The topological polar surface area (TPSA) is 63.2 Å². The molecule has 0 spiro atoms. The Labute approximate surface area is 138 Å². The molecule has 124 valence electrons. The molecule has 0 aliphatic carbocycles. The lowest BCUT2D eigenvalue weighted by molar-refractivity contribution is 0.0984. The number of nitrogens with one attached hydrogen (secondary N) is 1. The first-order chi connectivity index (χ1) is 10.6. The van der Waals surface area contributed by atoms with Gasteiger partial charge >= 0.3 is 0 Å². The number of anilines is 1. The molecule has 23 heavy (non-hydrogen) atoms. The van der Waals surface area contributed by atoms with Gasteiger partial charge in [0.1, 0.15) is 0 Å². The number of hydrogen-bond donors (Lipinski definition) is 1. The fourth-order valence-corrected chi connectivity index (χ4v) is 3.30. The van der Waals surface area contributed by atoms with Crippen LogP contribution < -0.4 is 5.32 Å². The first-order valence-electron chi connectivity index (χ1n) is 7.60. The Bertz CT molecular complexity index is 786. The van der Waals surface area contributed by atoms with Crippen LogP contribution in [-0.4, -0.2) is 26.0 Å². The number of rotatable bonds is 5. The molecule has 0 radical (unpaired) electrons. The Kier molecular flexibility index (Phi) is 4.80. The number of sulfone groups is 1. The van der Waals surface area contributed by atoms with Crippen LogP contribution in [0.3, 0.4) is 0 Å². The zero-order chi connectivity index (χ0) is 17.3. The highest BCUT2D eigenvalue weighted by atomic mass is 32.2. The summed E-state index contributed by atoms with van der Waals surface area (Å²) in [4.78, 5) is 12.5. The van der Waals surface area contributed by atoms with E-state index in [0.717, 1.165) is 28.5 Å². The van der Waals surface area contributed by atoms with E-state index in [1.807, 2.05) is 25.1 Å². The van der Waals surface area contributed by atoms with Crippen molar-refractivity contribution in [3.63, 3.8) is 0 Å². The quantitative estimate of drug-likeness (QED) is 0.832. The number of carbonyl (C=O) groups excluding carboxylic acids is 1. The maximum absolute atomic E-state index is 12.5. The van der Waals surface area contributed by atoms with Crippen LogP contribution in [0.15, 0.2) is 35.8 Å². The Hall–Kier alpha value is -1.88. The molecular weight excluding hydrogens is 310 g/mol. The number of ketones is 1. The molecule has 1 aliphatic rings. The molecule has 0 fully saturated rings. The van der Waals surface area contributed by atoms with E-state index >= 15 is 0 Å². The van der Waals surface area contributed by atoms with Gasteiger partial charge < -0.3 is 5.32 Å². The van der Waals surface area contributed by atoms with Gasteiger partial charge in [0, 0.05) is 29.2 Å². The van der Waals surface area contributed by atoms with Crippen molar-refractivity contribution in [3.05, 3.63) is 46.9 Å². The van der Waals surface area contributed by atoms with E-state index < -0.39 is 9.84 Å². The molecule has 0 amide bonds. The second-order valence-electron chi connectivity index (χ2n) is 6.57. The third-order valence-corrected chi connectivity index (χ3v) is 4.38. The van der Waals surface area contributed by atoms with Gasteiger partial charge in [-0.05, 0) is 38.8 Å². The third kappa shape index (κ3) is 4.55. The van der Waals surface area contributed by atoms with E-state index in [2.05, 4.69) is 25.2 Å². The summed E-state index contributed by atoms with van der Waals surface area (Å²) in [5.74, 6) is 0.0120. The van der Waals surface area contributed by atoms with Crippen molar-refractivity contribution >= 4 is 26.9 Å². The number of hydrogen-bond acceptors (Lipinski definition) is 4. The van der Waals surface area contributed by atoms with E-state index in [1.54, 1.807) is 0 Å². The zero-order valence-electron chi connectivity index (χ0n) is 14.0. The SMILES string of the molecule is CC1=CC(C)(C)Nc2c(C(=O)CCC=CS(C)(=O)=O)cccc21. The van der Waals surface area contributed by atoms with E-state index in [4.69, 9.17) is 0 Å². The maximum Gasteiger partial charge on any atom is 0.168 e. The van der Waals surface area contributed by atoms with Crippen molar-refractivity contribution < 1.29 is 13.2 Å². The summed E-state index contributed by atoms with van der Waals surface area (Å²) in [6, 6.07) is 5.71. The van der Waals surface area contributed by atoms with Crippen molar-refractivity contribution in [3.8, 4) is 0 Å². The largest absolute Gasteiger partial charge is 0.376 e. The van der Waals surface area contributed by atoms with Crippen LogP contribution in [0.1, 0.15) is 49.5 Å². The average Bonchev–Trinajstić information content (AvgIpc) is 2.40. The predicted octanol–water partition coefficient (Wildman–Crippen LogP) is 3.82. The molecule has 0 saturated heterocycles. The van der Waals surface area contributed by atoms with Crippen LogP contribution in [0.4, 0.5) is 5.69 Å². The average molecular weight is 333 g/mol. The fourth-order valence-electron chi connectivity index (χ4n) is 2.82. The molecule has 1 aromatic rings. The van der Waals surface area contributed by atoms with Gasteiger partial charge in [0.2, 0.25) is 0 Å². The Morgan fingerprint density at radius 3 is 2.65 bits per heavy atom. The van der Waals surface area contributed by atoms with Crippen molar-refractivity contribution in [2.24, 2.45) is 0 Å². The molecule has 2 rings (SSSR count). The number of allylic oxidation sites excluding steroid dienone is 2. The molecular formula is C18H23NO3S. The summed E-state index contributed by atoms with van der Waals surface area (Å²) in [5, 5.41) is 4.57. The summed E-state index contributed by atoms with van der Waals surface area (Å²) >= 11 is 0. The molecule has 4 nitrogen and oxygen atoms in total. The molecule has 1 heterocycles. The summed E-state index contributed by atoms with van der Waals surface area (Å²) in [5.41, 5.74) is 3.52. The molecule has 0 bridgehead atoms. The van der Waals surface area contributed by atoms with Crippen LogP contribution in [0.2, 0.25) is 0 Å². The minimum atomic E-state index is -3.14. The van der Waals surface area contributed by atoms with E-state index in [1.165, 1.54) is 6.08 Å². The van der Waals surface area contributed by atoms with Gasteiger partial charge in [-0.1, -0.05) is 24.3 Å². The summed E-state index contributed by atoms with van der Waals surface area (Å²) < 4.78 is 22.1. The van der Waals surface area contributed by atoms with Crippen LogP contribution in [-0.2, 0) is 9.84 Å². The first-order valence-corrected chi connectivity index (χ1v) is 9.55. The summed E-state index contributed by atoms with van der Waals surface area (Å²) in [6.07, 6.45) is 5.52. The van der Waals surface area contributed by atoms with Crippen LogP contribution in [0.25, 0.3) is 5.57 Å². The number of carbonyl (C=O) groups is 1. The Balaban J connectivity index is 2.22. The van der Waals surface area contributed by atoms with Crippen molar-refractivity contribution in [2.45, 2.75) is 39.2 Å². The van der Waals surface area contributed by atoms with Crippen molar-refractivity contribution in [2.75, 3.05) is 11.6 Å². The second kappa shape index (κ2) is 6.32. The molecule has 0 unspecified atom stereocenters. The normalized spacial score (nSPS) is 16.6. The van der Waals surface area contributed by atoms with Crippen LogP contribution in [0.5, 0.6) is 0 Å². The highest BCUT2D eigenvalue weighted by molar-refractivity contribution is 7.93. The minimum absolute atomic E-state index is 0.0120. The first kappa shape index (κ1) is 17.5. The van der Waals surface area contributed by atoms with Gasteiger partial charge in [0.15, 0.2) is 15.6 Å². The molecule has 0 saturated carbocycles. The monoisotopic (exact) mass is 333 g/mol. The second-order valence-corrected chi connectivity index (χ2v) is 8.50. The van der Waals surface area contributed by atoms with Gasteiger partial charge in [0.25, 0.3) is 0 Å². The van der Waals surface area contributed by atoms with E-state index in [0.29, 0.717) is 12.0 Å². The molecule has 5 heteroatoms. The lowest BCUT2D eigenvalue weighted by atomic mass is 9.88. The summed E-state index contributed by atoms with van der Waals surface area (Å²) in [6.45, 7) is 6.18. The standard InChI is InChI=1S/C18H23NO3S/c1-13-12-18(2,3)19-17-14(13)8-7-9-15(17)16(20)10-5-6-11-23(4,21)22/h6-9,11-12,19H,5,10H2,1-4H3. The number of Topliss-reactive ketones (excluding diaryl/α,β-unsaturated/α-hetero) is 1. The number of fused-ring (bicyclic) bond motifs is 1. The molecule has 1 N–H and O–H groups in total. The minimum Gasteiger partial charge on any atom is -0.376 e. The predicted molar refractivity (Wildman–Crippen MR) is 95.3 cm³/mol. The van der Waals surface area contributed by atoms with Crippen molar-refractivity contribution in [1.29, 1.82) is 0 Å². The molecule has 1 aliphatic heterocycles. The highest BCUT2D eigenvalue weighted by Crippen LogP contribution is 2.36. The lowest BCUT2D eigenvalue weighted by Gasteiger charge is -2.32. The zero-order valence-corrected chi connectivity index (χ0v) is 14.8. The van der Waals surface area contributed by atoms with Gasteiger partial charge in [-0.2, -0.15) is 0 Å². The van der Waals surface area contributed by atoms with Crippen molar-refractivity contribution in [1.82, 2.24) is 0 Å². The van der Waals surface area contributed by atoms with Gasteiger partial charge in [-0.15, -0.1) is 0 Å². The molecule has 1 aromatic carbocycles. The van der Waals surface area contributed by atoms with E-state index in [9.17, 15) is 13.2 Å². The van der Waals surface area contributed by atoms with Crippen LogP contribution >= 0.6 is 0 Å². The Morgan fingerprint density at radius 1 is 1.30 bits per heavy atom. The highest BCUT2D eigenvalue weighted by Gasteiger charge is 2.25. The lowest BCUT2D eigenvalue weighted by Crippen LogP contribution is -2.32. The van der Waals surface area contributed by atoms with Gasteiger partial charge in [-0.25, -0.2) is 8.42 Å². The number of para-hydroxylation sites is 1. The molecule has 0 aromatic heterocycles. The number of benzene rings is 1. The third-order valence-electron chi connectivity index (χ3n) is 3.70. The summed E-state index contributed by atoms with van der Waals surface area (Å²) in [7, 11) is -3.14. The smallest absolute Gasteiger partial charge is 0.168 e.